The minimum absolute atomic E-state index is 0.559. The van der Waals surface area contributed by atoms with Crippen molar-refractivity contribution in [2.24, 2.45) is 4.99 Å². The molecule has 0 aliphatic rings. The molecule has 1 aromatic rings. The minimum atomic E-state index is 0.559. The van der Waals surface area contributed by atoms with E-state index in [1.807, 2.05) is 5.38 Å². The number of aliphatic imine (C=N–C) groups is 1. The molecule has 1 aromatic heterocycles. The van der Waals surface area contributed by atoms with Crippen molar-refractivity contribution in [1.29, 1.82) is 0 Å². The fraction of sp³-hybridized carbons (Fsp3) is 0.200. The highest BCUT2D eigenvalue weighted by Gasteiger charge is 1.95. The summed E-state index contributed by atoms with van der Waals surface area (Å²) >= 11 is 6.95. The van der Waals surface area contributed by atoms with Crippen LogP contribution in [0.5, 0.6) is 0 Å². The SMILES string of the molecule is C=NCc1csc(Cl)n1. The van der Waals surface area contributed by atoms with Gasteiger partial charge in [0, 0.05) is 5.38 Å². The molecule has 0 amide bonds. The second-order valence-electron chi connectivity index (χ2n) is 1.47. The first kappa shape index (κ1) is 6.71. The highest BCUT2D eigenvalue weighted by molar-refractivity contribution is 7.13. The predicted octanol–water partition coefficient (Wildman–Crippen LogP) is 2.00. The molecule has 2 nitrogen and oxygen atoms in total. The summed E-state index contributed by atoms with van der Waals surface area (Å²) in [5.74, 6) is 0. The van der Waals surface area contributed by atoms with Crippen molar-refractivity contribution in [3.8, 4) is 0 Å². The topological polar surface area (TPSA) is 25.2 Å². The minimum Gasteiger partial charge on any atom is -0.295 e. The van der Waals surface area contributed by atoms with Crippen LogP contribution in [0, 0.1) is 0 Å². The number of hydrogen-bond donors (Lipinski definition) is 0. The van der Waals surface area contributed by atoms with E-state index in [0.717, 1.165) is 5.69 Å². The van der Waals surface area contributed by atoms with Crippen LogP contribution in [0.25, 0.3) is 0 Å². The number of rotatable bonds is 2. The van der Waals surface area contributed by atoms with Crippen molar-refractivity contribution in [2.45, 2.75) is 6.54 Å². The van der Waals surface area contributed by atoms with Gasteiger partial charge in [0.2, 0.25) is 0 Å². The summed E-state index contributed by atoms with van der Waals surface area (Å²) in [7, 11) is 0. The first-order valence-electron chi connectivity index (χ1n) is 2.35. The van der Waals surface area contributed by atoms with Gasteiger partial charge in [0.05, 0.1) is 12.2 Å². The molecule has 48 valence electrons. The molecule has 0 aliphatic heterocycles. The third-order valence-corrected chi connectivity index (χ3v) is 1.83. The number of halogens is 1. The Bertz CT molecular complexity index is 208. The quantitative estimate of drug-likeness (QED) is 0.608. The van der Waals surface area contributed by atoms with Gasteiger partial charge in [-0.05, 0) is 6.72 Å². The summed E-state index contributed by atoms with van der Waals surface area (Å²) in [6, 6.07) is 0. The second kappa shape index (κ2) is 2.94. The van der Waals surface area contributed by atoms with Crippen LogP contribution in [-0.2, 0) is 6.54 Å². The second-order valence-corrected chi connectivity index (χ2v) is 2.91. The average Bonchev–Trinajstić information content (AvgIpc) is 2.17. The Morgan fingerprint density at radius 3 is 3.11 bits per heavy atom. The number of thiazole rings is 1. The Hall–Kier alpha value is -0.410. The third kappa shape index (κ3) is 1.77. The van der Waals surface area contributed by atoms with E-state index in [1.54, 1.807) is 0 Å². The van der Waals surface area contributed by atoms with E-state index in [-0.39, 0.29) is 0 Å². The zero-order valence-electron chi connectivity index (χ0n) is 4.67. The van der Waals surface area contributed by atoms with Crippen LogP contribution in [0.2, 0.25) is 4.47 Å². The van der Waals surface area contributed by atoms with Crippen molar-refractivity contribution in [3.05, 3.63) is 15.5 Å². The molecule has 0 saturated heterocycles. The van der Waals surface area contributed by atoms with E-state index in [0.29, 0.717) is 11.0 Å². The zero-order chi connectivity index (χ0) is 6.69. The largest absolute Gasteiger partial charge is 0.295 e. The molecule has 0 aromatic carbocycles. The fourth-order valence-corrected chi connectivity index (χ4v) is 1.24. The van der Waals surface area contributed by atoms with Crippen molar-refractivity contribution in [3.63, 3.8) is 0 Å². The van der Waals surface area contributed by atoms with Gasteiger partial charge < -0.3 is 0 Å². The average molecular weight is 161 g/mol. The van der Waals surface area contributed by atoms with E-state index in [1.165, 1.54) is 11.3 Å². The van der Waals surface area contributed by atoms with Crippen molar-refractivity contribution < 1.29 is 0 Å². The van der Waals surface area contributed by atoms with Gasteiger partial charge in [-0.3, -0.25) is 4.99 Å². The first-order chi connectivity index (χ1) is 4.33. The van der Waals surface area contributed by atoms with Crippen LogP contribution in [0.1, 0.15) is 5.69 Å². The molecule has 0 N–H and O–H groups in total. The lowest BCUT2D eigenvalue weighted by molar-refractivity contribution is 1.02. The van der Waals surface area contributed by atoms with E-state index >= 15 is 0 Å². The Balaban J connectivity index is 2.72. The summed E-state index contributed by atoms with van der Waals surface area (Å²) in [6.45, 7) is 3.90. The standard InChI is InChI=1S/C5H5ClN2S/c1-7-2-4-3-9-5(6)8-4/h3H,1-2H2. The van der Waals surface area contributed by atoms with Crippen LogP contribution in [0.3, 0.4) is 0 Å². The van der Waals surface area contributed by atoms with Gasteiger partial charge in [0.1, 0.15) is 0 Å². The van der Waals surface area contributed by atoms with Crippen molar-refractivity contribution in [2.75, 3.05) is 0 Å². The van der Waals surface area contributed by atoms with E-state index in [4.69, 9.17) is 11.6 Å². The maximum atomic E-state index is 5.54. The molecule has 1 rings (SSSR count). The number of hydrogen-bond acceptors (Lipinski definition) is 3. The number of nitrogens with zero attached hydrogens (tertiary/aromatic N) is 2. The Morgan fingerprint density at radius 2 is 2.67 bits per heavy atom. The lowest BCUT2D eigenvalue weighted by Crippen LogP contribution is -1.77. The van der Waals surface area contributed by atoms with Crippen LogP contribution >= 0.6 is 22.9 Å². The normalized spacial score (nSPS) is 9.44. The Morgan fingerprint density at radius 1 is 1.89 bits per heavy atom. The fourth-order valence-electron chi connectivity index (χ4n) is 0.469. The number of aromatic nitrogens is 1. The van der Waals surface area contributed by atoms with Gasteiger partial charge in [-0.25, -0.2) is 4.98 Å². The summed E-state index contributed by atoms with van der Waals surface area (Å²) < 4.78 is 0.564. The molecule has 0 radical (unpaired) electrons. The van der Waals surface area contributed by atoms with Crippen LogP contribution in [0.15, 0.2) is 10.4 Å². The molecule has 1 heterocycles. The monoisotopic (exact) mass is 160 g/mol. The van der Waals surface area contributed by atoms with Gasteiger partial charge in [-0.2, -0.15) is 0 Å². The molecule has 0 spiro atoms. The summed E-state index contributed by atoms with van der Waals surface area (Å²) in [5.41, 5.74) is 0.889. The smallest absolute Gasteiger partial charge is 0.183 e. The molecule has 0 atom stereocenters. The van der Waals surface area contributed by atoms with E-state index in [9.17, 15) is 0 Å². The van der Waals surface area contributed by atoms with Gasteiger partial charge in [0.25, 0.3) is 0 Å². The van der Waals surface area contributed by atoms with Crippen LogP contribution in [-0.4, -0.2) is 11.7 Å². The molecule has 0 saturated carbocycles. The first-order valence-corrected chi connectivity index (χ1v) is 3.61. The Kier molecular flexibility index (Phi) is 2.19. The lowest BCUT2D eigenvalue weighted by atomic mass is 10.5. The molecule has 0 unspecified atom stereocenters. The summed E-state index contributed by atoms with van der Waals surface area (Å²) in [4.78, 5) is 7.61. The molecule has 0 fully saturated rings. The van der Waals surface area contributed by atoms with Gasteiger partial charge in [-0.15, -0.1) is 11.3 Å². The van der Waals surface area contributed by atoms with Crippen LogP contribution in [0.4, 0.5) is 0 Å². The Labute approximate surface area is 62.2 Å². The zero-order valence-corrected chi connectivity index (χ0v) is 6.24. The molecule has 0 aliphatic carbocycles. The highest BCUT2D eigenvalue weighted by atomic mass is 35.5. The van der Waals surface area contributed by atoms with Crippen molar-refractivity contribution >= 4 is 29.7 Å². The van der Waals surface area contributed by atoms with Gasteiger partial charge in [-0.1, -0.05) is 11.6 Å². The third-order valence-electron chi connectivity index (χ3n) is 0.798. The molecule has 4 heteroatoms. The van der Waals surface area contributed by atoms with Crippen molar-refractivity contribution in [1.82, 2.24) is 4.98 Å². The maximum Gasteiger partial charge on any atom is 0.183 e. The molecular formula is C5H5ClN2S. The molecule has 9 heavy (non-hydrogen) atoms. The maximum absolute atomic E-state index is 5.54. The predicted molar refractivity (Wildman–Crippen MR) is 40.4 cm³/mol. The molecular weight excluding hydrogens is 156 g/mol. The summed E-state index contributed by atoms with van der Waals surface area (Å²) in [5, 5.41) is 1.87. The van der Waals surface area contributed by atoms with Gasteiger partial charge >= 0.3 is 0 Å². The molecule has 0 bridgehead atoms. The van der Waals surface area contributed by atoms with E-state index < -0.39 is 0 Å². The lowest BCUT2D eigenvalue weighted by Gasteiger charge is -1.81. The van der Waals surface area contributed by atoms with Gasteiger partial charge in [0.15, 0.2) is 4.47 Å². The summed E-state index contributed by atoms with van der Waals surface area (Å²) in [6.07, 6.45) is 0. The highest BCUT2D eigenvalue weighted by Crippen LogP contribution is 2.14. The van der Waals surface area contributed by atoms with Crippen LogP contribution < -0.4 is 0 Å². The van der Waals surface area contributed by atoms with E-state index in [2.05, 4.69) is 16.7 Å².